The third kappa shape index (κ3) is 3.92. The van der Waals surface area contributed by atoms with Crippen LogP contribution in [0.15, 0.2) is 46.9 Å². The second kappa shape index (κ2) is 7.19. The summed E-state index contributed by atoms with van der Waals surface area (Å²) in [7, 11) is 1.86. The second-order valence-corrected chi connectivity index (χ2v) is 6.55. The summed E-state index contributed by atoms with van der Waals surface area (Å²) in [4.78, 5) is 0. The van der Waals surface area contributed by atoms with Crippen molar-refractivity contribution in [3.05, 3.63) is 69.4 Å². The van der Waals surface area contributed by atoms with Crippen molar-refractivity contribution < 1.29 is 4.39 Å². The molecule has 0 radical (unpaired) electrons. The van der Waals surface area contributed by atoms with Crippen molar-refractivity contribution in [1.82, 2.24) is 5.32 Å². The maximum absolute atomic E-state index is 14.2. The summed E-state index contributed by atoms with van der Waals surface area (Å²) in [5.41, 5.74) is 3.03. The highest BCUT2D eigenvalue weighted by Gasteiger charge is 2.19. The molecule has 0 saturated heterocycles. The van der Waals surface area contributed by atoms with E-state index >= 15 is 0 Å². The fourth-order valence-electron chi connectivity index (χ4n) is 2.64. The summed E-state index contributed by atoms with van der Waals surface area (Å²) < 4.78 is 15.0. The number of hydrogen-bond donors (Lipinski definition) is 1. The van der Waals surface area contributed by atoms with Crippen LogP contribution in [0.25, 0.3) is 0 Å². The Balaban J connectivity index is 2.42. The van der Waals surface area contributed by atoms with Gasteiger partial charge in [-0.25, -0.2) is 4.39 Å². The van der Waals surface area contributed by atoms with Crippen LogP contribution in [0.3, 0.4) is 0 Å². The van der Waals surface area contributed by atoms with Crippen LogP contribution in [0, 0.1) is 11.7 Å². The minimum atomic E-state index is -0.196. The lowest BCUT2D eigenvalue weighted by Gasteiger charge is -2.20. The van der Waals surface area contributed by atoms with Crippen LogP contribution < -0.4 is 5.32 Å². The monoisotopic (exact) mass is 349 g/mol. The zero-order valence-corrected chi connectivity index (χ0v) is 14.2. The van der Waals surface area contributed by atoms with Crippen molar-refractivity contribution in [2.24, 2.45) is 5.92 Å². The number of hydrogen-bond acceptors (Lipinski definition) is 1. The van der Waals surface area contributed by atoms with Crippen LogP contribution in [-0.4, -0.2) is 7.05 Å². The van der Waals surface area contributed by atoms with E-state index in [-0.39, 0.29) is 11.9 Å². The van der Waals surface area contributed by atoms with Gasteiger partial charge in [-0.1, -0.05) is 60.1 Å². The van der Waals surface area contributed by atoms with Gasteiger partial charge in [0.2, 0.25) is 0 Å². The molecule has 2 aromatic carbocycles. The first-order chi connectivity index (χ1) is 10.0. The molecule has 21 heavy (non-hydrogen) atoms. The van der Waals surface area contributed by atoms with E-state index in [1.54, 1.807) is 6.07 Å². The molecular formula is C18H21BrFN. The molecule has 2 rings (SSSR count). The van der Waals surface area contributed by atoms with E-state index < -0.39 is 0 Å². The molecule has 2 aromatic rings. The van der Waals surface area contributed by atoms with Crippen LogP contribution in [0.1, 0.15) is 36.6 Å². The molecule has 0 aliphatic carbocycles. The predicted octanol–water partition coefficient (Wildman–Crippen LogP) is 5.10. The van der Waals surface area contributed by atoms with Gasteiger partial charge >= 0.3 is 0 Å². The van der Waals surface area contributed by atoms with Crippen LogP contribution in [0.4, 0.5) is 4.39 Å². The fraction of sp³-hybridized carbons (Fsp3) is 0.333. The maximum Gasteiger partial charge on any atom is 0.129 e. The van der Waals surface area contributed by atoms with Gasteiger partial charge in [0, 0.05) is 10.0 Å². The van der Waals surface area contributed by atoms with Gasteiger partial charge in [-0.2, -0.15) is 0 Å². The van der Waals surface area contributed by atoms with Crippen LogP contribution in [-0.2, 0) is 6.42 Å². The molecule has 3 heteroatoms. The van der Waals surface area contributed by atoms with Crippen molar-refractivity contribution in [2.45, 2.75) is 26.3 Å². The van der Waals surface area contributed by atoms with Crippen molar-refractivity contribution in [2.75, 3.05) is 7.05 Å². The van der Waals surface area contributed by atoms with Gasteiger partial charge in [0.15, 0.2) is 0 Å². The number of halogens is 2. The molecular weight excluding hydrogens is 329 g/mol. The Labute approximate surface area is 134 Å². The average Bonchev–Trinajstić information content (AvgIpc) is 2.42. The zero-order chi connectivity index (χ0) is 15.4. The predicted molar refractivity (Wildman–Crippen MR) is 90.0 cm³/mol. The van der Waals surface area contributed by atoms with Gasteiger partial charge in [-0.05, 0) is 42.6 Å². The van der Waals surface area contributed by atoms with Crippen LogP contribution in [0.2, 0.25) is 0 Å². The summed E-state index contributed by atoms with van der Waals surface area (Å²) in [6, 6.07) is 13.3. The summed E-state index contributed by atoms with van der Waals surface area (Å²) >= 11 is 3.46. The molecule has 112 valence electrons. The highest BCUT2D eigenvalue weighted by Crippen LogP contribution is 2.31. The lowest BCUT2D eigenvalue weighted by molar-refractivity contribution is 0.573. The normalized spacial score (nSPS) is 12.7. The molecule has 0 bridgehead atoms. The molecule has 0 amide bonds. The van der Waals surface area contributed by atoms with Gasteiger partial charge in [0.25, 0.3) is 0 Å². The molecule has 0 aromatic heterocycles. The highest BCUT2D eigenvalue weighted by molar-refractivity contribution is 9.10. The van der Waals surface area contributed by atoms with Crippen molar-refractivity contribution in [3.63, 3.8) is 0 Å². The van der Waals surface area contributed by atoms with E-state index in [1.807, 2.05) is 25.2 Å². The van der Waals surface area contributed by atoms with Gasteiger partial charge in [-0.15, -0.1) is 0 Å². The first-order valence-electron chi connectivity index (χ1n) is 7.23. The van der Waals surface area contributed by atoms with Crippen molar-refractivity contribution >= 4 is 15.9 Å². The van der Waals surface area contributed by atoms with Gasteiger partial charge in [0.1, 0.15) is 5.82 Å². The van der Waals surface area contributed by atoms with E-state index in [4.69, 9.17) is 0 Å². The molecule has 0 spiro atoms. The number of nitrogens with one attached hydrogen (secondary N) is 1. The topological polar surface area (TPSA) is 12.0 Å². The summed E-state index contributed by atoms with van der Waals surface area (Å²) in [5, 5.41) is 3.23. The first kappa shape index (κ1) is 16.2. The molecule has 0 aliphatic rings. The summed E-state index contributed by atoms with van der Waals surface area (Å²) in [6.45, 7) is 4.41. The summed E-state index contributed by atoms with van der Waals surface area (Å²) in [6.07, 6.45) is 1.03. The van der Waals surface area contributed by atoms with Gasteiger partial charge < -0.3 is 5.32 Å². The number of benzene rings is 2. The Kier molecular flexibility index (Phi) is 5.54. The molecule has 0 aliphatic heterocycles. The molecule has 1 atom stereocenters. The Bertz CT molecular complexity index is 590. The smallest absolute Gasteiger partial charge is 0.129 e. The van der Waals surface area contributed by atoms with E-state index in [0.29, 0.717) is 11.5 Å². The second-order valence-electron chi connectivity index (χ2n) is 5.70. The van der Waals surface area contributed by atoms with E-state index in [2.05, 4.69) is 47.2 Å². The maximum atomic E-state index is 14.2. The lowest BCUT2D eigenvalue weighted by Crippen LogP contribution is -2.19. The highest BCUT2D eigenvalue weighted by atomic mass is 79.9. The Hall–Kier alpha value is -1.19. The Morgan fingerprint density at radius 1 is 1.14 bits per heavy atom. The first-order valence-corrected chi connectivity index (χ1v) is 8.02. The molecule has 1 N–H and O–H groups in total. The molecule has 0 heterocycles. The van der Waals surface area contributed by atoms with E-state index in [9.17, 15) is 4.39 Å². The zero-order valence-electron chi connectivity index (χ0n) is 12.7. The van der Waals surface area contributed by atoms with Gasteiger partial charge in [-0.3, -0.25) is 0 Å². The standard InChI is InChI=1S/C18H21BrFN/c1-12(2)10-13-6-4-7-14(11-13)18(21-3)17-15(19)8-5-9-16(17)20/h4-9,11-12,18,21H,10H2,1-3H3. The summed E-state index contributed by atoms with van der Waals surface area (Å²) in [5.74, 6) is 0.409. The minimum absolute atomic E-state index is 0.160. The van der Waals surface area contributed by atoms with E-state index in [1.165, 1.54) is 11.6 Å². The average molecular weight is 350 g/mol. The van der Waals surface area contributed by atoms with Gasteiger partial charge in [0.05, 0.1) is 6.04 Å². The Morgan fingerprint density at radius 3 is 2.48 bits per heavy atom. The lowest BCUT2D eigenvalue weighted by atomic mass is 9.94. The van der Waals surface area contributed by atoms with Crippen LogP contribution in [0.5, 0.6) is 0 Å². The minimum Gasteiger partial charge on any atom is -0.309 e. The van der Waals surface area contributed by atoms with Crippen molar-refractivity contribution in [1.29, 1.82) is 0 Å². The van der Waals surface area contributed by atoms with E-state index in [0.717, 1.165) is 16.5 Å². The van der Waals surface area contributed by atoms with Crippen molar-refractivity contribution in [3.8, 4) is 0 Å². The molecule has 1 nitrogen and oxygen atoms in total. The third-order valence-electron chi connectivity index (χ3n) is 3.51. The fourth-order valence-corrected chi connectivity index (χ4v) is 3.21. The molecule has 0 saturated carbocycles. The third-order valence-corrected chi connectivity index (χ3v) is 4.20. The largest absolute Gasteiger partial charge is 0.309 e. The quantitative estimate of drug-likeness (QED) is 0.792. The number of rotatable bonds is 5. The Morgan fingerprint density at radius 2 is 1.86 bits per heavy atom. The molecule has 0 fully saturated rings. The molecule has 1 unspecified atom stereocenters. The van der Waals surface area contributed by atoms with Crippen LogP contribution >= 0.6 is 15.9 Å². The SMILES string of the molecule is CNC(c1cccc(CC(C)C)c1)c1c(F)cccc1Br.